The number of allylic oxidation sites excluding steroid dienone is 4. The molecule has 2 N–H and O–H groups in total. The van der Waals surface area contributed by atoms with Crippen molar-refractivity contribution in [2.75, 3.05) is 72.0 Å². The Morgan fingerprint density at radius 3 is 1.82 bits per heavy atom. The minimum Gasteiger partial charge on any atom is -0.387 e. The zero-order valence-electron chi connectivity index (χ0n) is 25.2. The molecule has 4 aliphatic carbocycles. The molecule has 0 aromatic heterocycles. The largest absolute Gasteiger partial charge is 0.387 e. The van der Waals surface area contributed by atoms with Gasteiger partial charge in [0.1, 0.15) is 0 Å². The van der Waals surface area contributed by atoms with E-state index in [1.54, 1.807) is 0 Å². The lowest BCUT2D eigenvalue weighted by atomic mass is 9.58. The molecule has 0 aliphatic heterocycles. The topological polar surface area (TPSA) is 33.8 Å². The highest BCUT2D eigenvalue weighted by Crippen LogP contribution is 2.48. The lowest BCUT2D eigenvalue weighted by molar-refractivity contribution is 0.125. The van der Waals surface area contributed by atoms with Crippen LogP contribution in [-0.4, -0.2) is 86.7 Å². The minimum atomic E-state index is 0.764. The van der Waals surface area contributed by atoms with Gasteiger partial charge in [0.2, 0.25) is 0 Å². The van der Waals surface area contributed by atoms with Crippen LogP contribution in [0.5, 0.6) is 0 Å². The molecule has 0 radical (unpaired) electrons. The van der Waals surface area contributed by atoms with Gasteiger partial charge in [-0.15, -0.1) is 13.2 Å². The second-order valence-electron chi connectivity index (χ2n) is 12.9. The molecule has 0 heterocycles. The van der Waals surface area contributed by atoms with Crippen LogP contribution < -0.4 is 10.6 Å². The fourth-order valence-electron chi connectivity index (χ4n) is 7.06. The van der Waals surface area contributed by atoms with Crippen molar-refractivity contribution in [1.29, 1.82) is 0 Å². The Morgan fingerprint density at radius 2 is 1.30 bits per heavy atom. The Balaban J connectivity index is 1.18. The molecular weight excluding hydrogens is 490 g/mol. The highest BCUT2D eigenvalue weighted by atomic mass is 15.2. The number of nitrogens with zero attached hydrogens (tertiary/aromatic N) is 3. The summed E-state index contributed by atoms with van der Waals surface area (Å²) < 4.78 is 0. The summed E-state index contributed by atoms with van der Waals surface area (Å²) in [6.45, 7) is 33.4. The maximum Gasteiger partial charge on any atom is 0.0379 e. The van der Waals surface area contributed by atoms with E-state index in [9.17, 15) is 0 Å². The predicted octanol–water partition coefficient (Wildman–Crippen LogP) is 5.08. The molecule has 2 bridgehead atoms. The maximum absolute atomic E-state index is 4.38. The molecule has 0 saturated heterocycles. The fourth-order valence-corrected chi connectivity index (χ4v) is 7.06. The normalized spacial score (nSPS) is 27.4. The van der Waals surface area contributed by atoms with Gasteiger partial charge in [-0.05, 0) is 61.7 Å². The van der Waals surface area contributed by atoms with Gasteiger partial charge in [0.15, 0.2) is 0 Å². The third kappa shape index (κ3) is 8.83. The van der Waals surface area contributed by atoms with Crippen molar-refractivity contribution in [3.05, 3.63) is 86.3 Å². The minimum absolute atomic E-state index is 0.764. The van der Waals surface area contributed by atoms with Crippen molar-refractivity contribution in [1.82, 2.24) is 25.3 Å². The summed E-state index contributed by atoms with van der Waals surface area (Å²) in [6, 6.07) is 0. The van der Waals surface area contributed by atoms with Crippen molar-refractivity contribution in [3.8, 4) is 0 Å². The first-order chi connectivity index (χ1) is 19.3. The van der Waals surface area contributed by atoms with E-state index in [0.717, 1.165) is 119 Å². The van der Waals surface area contributed by atoms with Gasteiger partial charge >= 0.3 is 0 Å². The lowest BCUT2D eigenvalue weighted by Gasteiger charge is -2.48. The molecule has 4 aliphatic rings. The Morgan fingerprint density at radius 1 is 0.700 bits per heavy atom. The van der Waals surface area contributed by atoms with Crippen LogP contribution in [0.1, 0.15) is 26.2 Å². The van der Waals surface area contributed by atoms with E-state index in [-0.39, 0.29) is 0 Å². The summed E-state index contributed by atoms with van der Waals surface area (Å²) >= 11 is 0. The number of rotatable bonds is 22. The van der Waals surface area contributed by atoms with Crippen LogP contribution in [0.15, 0.2) is 86.3 Å². The average molecular weight is 546 g/mol. The van der Waals surface area contributed by atoms with Gasteiger partial charge in [-0.3, -0.25) is 14.7 Å². The molecule has 2 fully saturated rings. The standard InChI is InChI=1S/C35H55N5/c1-7-13-38(15-17-39(14-8-2)25-28(5)37-23-34-21-32-11-12-35(32)34)16-18-40(24-27(3)4)26-29(6)36-22-33-20-30-9-10-31(33)19-30/h7-12,30-37H,1-3,5-6,13-26H2,4H3. The summed E-state index contributed by atoms with van der Waals surface area (Å²) in [7, 11) is 0. The zero-order valence-corrected chi connectivity index (χ0v) is 25.2. The van der Waals surface area contributed by atoms with Crippen LogP contribution in [0.25, 0.3) is 0 Å². The first kappa shape index (κ1) is 30.6. The smallest absolute Gasteiger partial charge is 0.0379 e. The third-order valence-corrected chi connectivity index (χ3v) is 9.40. The van der Waals surface area contributed by atoms with Gasteiger partial charge in [-0.25, -0.2) is 0 Å². The molecule has 40 heavy (non-hydrogen) atoms. The number of hydrogen-bond acceptors (Lipinski definition) is 5. The highest BCUT2D eigenvalue weighted by Gasteiger charge is 2.42. The quantitative estimate of drug-likeness (QED) is 0.186. The van der Waals surface area contributed by atoms with E-state index < -0.39 is 0 Å². The molecule has 5 heteroatoms. The zero-order chi connectivity index (χ0) is 28.5. The Kier molecular flexibility index (Phi) is 11.5. The van der Waals surface area contributed by atoms with Gasteiger partial charge < -0.3 is 10.6 Å². The second kappa shape index (κ2) is 15.0. The van der Waals surface area contributed by atoms with Crippen LogP contribution >= 0.6 is 0 Å². The highest BCUT2D eigenvalue weighted by molar-refractivity contribution is 5.18. The number of nitrogens with one attached hydrogen (secondary N) is 2. The fraction of sp³-hybridized carbons (Fsp3) is 0.600. The summed E-state index contributed by atoms with van der Waals surface area (Å²) in [5.41, 5.74) is 3.43. The summed E-state index contributed by atoms with van der Waals surface area (Å²) in [4.78, 5) is 7.41. The van der Waals surface area contributed by atoms with Gasteiger partial charge in [0, 0.05) is 83.4 Å². The van der Waals surface area contributed by atoms with Crippen molar-refractivity contribution in [3.63, 3.8) is 0 Å². The van der Waals surface area contributed by atoms with Crippen LogP contribution in [-0.2, 0) is 0 Å². The van der Waals surface area contributed by atoms with Crippen molar-refractivity contribution in [2.45, 2.75) is 26.2 Å². The van der Waals surface area contributed by atoms with E-state index in [2.05, 4.69) is 89.5 Å². The van der Waals surface area contributed by atoms with Crippen molar-refractivity contribution >= 4 is 0 Å². The molecule has 4 rings (SSSR count). The summed E-state index contributed by atoms with van der Waals surface area (Å²) in [5, 5.41) is 7.28. The molecule has 6 atom stereocenters. The Hall–Kier alpha value is -2.34. The average Bonchev–Trinajstić information content (AvgIpc) is 3.53. The number of fused-ring (bicyclic) bond motifs is 3. The van der Waals surface area contributed by atoms with E-state index in [1.807, 2.05) is 12.2 Å². The molecule has 0 spiro atoms. The summed E-state index contributed by atoms with van der Waals surface area (Å²) in [5.74, 6) is 4.81. The van der Waals surface area contributed by atoms with E-state index in [1.165, 1.54) is 24.8 Å². The van der Waals surface area contributed by atoms with Crippen LogP contribution in [0.2, 0.25) is 0 Å². The van der Waals surface area contributed by atoms with Gasteiger partial charge in [-0.1, -0.05) is 61.8 Å². The summed E-state index contributed by atoms with van der Waals surface area (Å²) in [6.07, 6.45) is 17.6. The first-order valence-electron chi connectivity index (χ1n) is 15.6. The van der Waals surface area contributed by atoms with Gasteiger partial charge in [0.25, 0.3) is 0 Å². The SMILES string of the molecule is C=CCN(CCN(CC=C)CC(=C)NCC1CC2C=CC21)CCN(CC(=C)C)CC(=C)NCC1CC2C=CC1C2. The third-order valence-electron chi connectivity index (χ3n) is 9.40. The van der Waals surface area contributed by atoms with Crippen LogP contribution in [0.3, 0.4) is 0 Å². The van der Waals surface area contributed by atoms with Gasteiger partial charge in [-0.2, -0.15) is 0 Å². The van der Waals surface area contributed by atoms with Crippen LogP contribution in [0, 0.1) is 35.5 Å². The molecule has 0 aromatic carbocycles. The Labute approximate surface area is 245 Å². The molecule has 220 valence electrons. The van der Waals surface area contributed by atoms with Crippen molar-refractivity contribution in [2.24, 2.45) is 35.5 Å². The van der Waals surface area contributed by atoms with E-state index in [4.69, 9.17) is 0 Å². The molecule has 6 unspecified atom stereocenters. The number of hydrogen-bond donors (Lipinski definition) is 2. The maximum atomic E-state index is 4.38. The molecule has 2 saturated carbocycles. The van der Waals surface area contributed by atoms with E-state index >= 15 is 0 Å². The molecular formula is C35H55N5. The second-order valence-corrected chi connectivity index (χ2v) is 12.9. The van der Waals surface area contributed by atoms with Crippen molar-refractivity contribution < 1.29 is 0 Å². The molecule has 0 aromatic rings. The van der Waals surface area contributed by atoms with E-state index in [0.29, 0.717) is 0 Å². The van der Waals surface area contributed by atoms with Gasteiger partial charge in [0.05, 0.1) is 0 Å². The predicted molar refractivity (Wildman–Crippen MR) is 172 cm³/mol. The first-order valence-corrected chi connectivity index (χ1v) is 15.6. The monoisotopic (exact) mass is 545 g/mol. The molecule has 0 amide bonds. The molecule has 5 nitrogen and oxygen atoms in total. The lowest BCUT2D eigenvalue weighted by Crippen LogP contribution is -2.45. The Bertz CT molecular complexity index is 963. The van der Waals surface area contributed by atoms with Crippen LogP contribution in [0.4, 0.5) is 0 Å².